The minimum atomic E-state index is -0.879. The number of carbonyl (C=O) groups is 2. The number of halogens is 1. The Morgan fingerprint density at radius 3 is 2.35 bits per heavy atom. The van der Waals surface area contributed by atoms with Crippen molar-refractivity contribution in [1.29, 1.82) is 0 Å². The summed E-state index contributed by atoms with van der Waals surface area (Å²) in [6.07, 6.45) is 5.48. The van der Waals surface area contributed by atoms with Gasteiger partial charge in [-0.05, 0) is 108 Å². The molecule has 5 rings (SSSR count). The van der Waals surface area contributed by atoms with Crippen LogP contribution in [0.25, 0.3) is 11.0 Å². The van der Waals surface area contributed by atoms with Gasteiger partial charge in [0.05, 0.1) is 5.56 Å². The van der Waals surface area contributed by atoms with Gasteiger partial charge in [-0.15, -0.1) is 0 Å². The van der Waals surface area contributed by atoms with Crippen molar-refractivity contribution in [2.45, 2.75) is 46.1 Å². The molecule has 0 saturated heterocycles. The Labute approximate surface area is 278 Å². The summed E-state index contributed by atoms with van der Waals surface area (Å²) in [5.41, 5.74) is 4.48. The maximum absolute atomic E-state index is 13.0. The van der Waals surface area contributed by atoms with Crippen molar-refractivity contribution in [1.82, 2.24) is 9.88 Å². The second-order valence-electron chi connectivity index (χ2n) is 12.0. The number of carbonyl (C=O) groups excluding carboxylic acids is 1. The normalized spacial score (nSPS) is 11.2. The van der Waals surface area contributed by atoms with E-state index >= 15 is 0 Å². The molecule has 2 heterocycles. The minimum absolute atomic E-state index is 0.179. The van der Waals surface area contributed by atoms with Crippen LogP contribution in [0.2, 0.25) is 0 Å². The van der Waals surface area contributed by atoms with Crippen LogP contribution < -0.4 is 10.1 Å². The van der Waals surface area contributed by atoms with Gasteiger partial charge in [0.1, 0.15) is 22.7 Å². The molecule has 5 aromatic rings. The number of carboxylic acids is 1. The van der Waals surface area contributed by atoms with Crippen LogP contribution in [0.5, 0.6) is 5.75 Å². The Morgan fingerprint density at radius 2 is 1.67 bits per heavy atom. The van der Waals surface area contributed by atoms with Crippen LogP contribution in [0.4, 0.5) is 5.69 Å². The van der Waals surface area contributed by atoms with Gasteiger partial charge in [0, 0.05) is 52.2 Å². The minimum Gasteiger partial charge on any atom is -0.488 e. The predicted molar refractivity (Wildman–Crippen MR) is 186 cm³/mol. The van der Waals surface area contributed by atoms with Gasteiger partial charge >= 0.3 is 5.97 Å². The Hall–Kier alpha value is -4.47. The monoisotopic (exact) mass is 685 g/mol. The molecule has 0 aliphatic heterocycles. The van der Waals surface area contributed by atoms with Gasteiger partial charge < -0.3 is 24.5 Å². The predicted octanol–water partition coefficient (Wildman–Crippen LogP) is 8.43. The van der Waals surface area contributed by atoms with Crippen molar-refractivity contribution in [3.63, 3.8) is 0 Å². The fourth-order valence-electron chi connectivity index (χ4n) is 4.82. The van der Waals surface area contributed by atoms with Crippen LogP contribution >= 0.6 is 15.9 Å². The lowest BCUT2D eigenvalue weighted by Crippen LogP contribution is -2.24. The maximum atomic E-state index is 13.0. The number of aromatic nitrogens is 1. The lowest BCUT2D eigenvalue weighted by molar-refractivity contribution is 0.0696. The molecule has 0 fully saturated rings. The summed E-state index contributed by atoms with van der Waals surface area (Å²) in [6.45, 7) is 9.77. The number of nitrogens with one attached hydrogen (secondary N) is 1. The standard InChI is InChI=1S/C30H34BrN3O3.C7H6O2/c1-20-25(13-16-34(5)15-12-22-19-32-14-11-27(22)31)26-18-23(9-10-28(26)36-20)33-29(35)21-7-6-8-24(17-21)37-30(2,3)4;8-7(9)6-4-2-1-3-5-6/h6-11,14,17-19H,12-13,15-16H2,1-5H3,(H,33,35);1-5H,(H,8,9). The molecule has 3 aromatic carbocycles. The van der Waals surface area contributed by atoms with Gasteiger partial charge in [0.2, 0.25) is 0 Å². The van der Waals surface area contributed by atoms with Gasteiger partial charge in [-0.3, -0.25) is 9.78 Å². The van der Waals surface area contributed by atoms with Gasteiger partial charge in [-0.25, -0.2) is 4.79 Å². The lowest BCUT2D eigenvalue weighted by Gasteiger charge is -2.21. The van der Waals surface area contributed by atoms with E-state index in [2.05, 4.69) is 38.2 Å². The highest BCUT2D eigenvalue weighted by Gasteiger charge is 2.16. The SMILES string of the molecule is Cc1oc2ccc(NC(=O)c3cccc(OC(C)(C)C)c3)cc2c1CCN(C)CCc1cnccc1Br.O=C(O)c1ccccc1. The number of amides is 1. The number of anilines is 1. The first-order valence-corrected chi connectivity index (χ1v) is 15.9. The second kappa shape index (κ2) is 15.7. The number of ether oxygens (including phenoxy) is 1. The third kappa shape index (κ3) is 10.0. The Morgan fingerprint density at radius 1 is 0.957 bits per heavy atom. The lowest BCUT2D eigenvalue weighted by atomic mass is 10.1. The number of furan rings is 1. The summed E-state index contributed by atoms with van der Waals surface area (Å²) < 4.78 is 13.0. The second-order valence-corrected chi connectivity index (χ2v) is 12.8. The summed E-state index contributed by atoms with van der Waals surface area (Å²) >= 11 is 3.60. The van der Waals surface area contributed by atoms with Gasteiger partial charge in [0.25, 0.3) is 5.91 Å². The zero-order chi connectivity index (χ0) is 33.3. The average Bonchev–Trinajstić information content (AvgIpc) is 3.33. The van der Waals surface area contributed by atoms with Crippen molar-refractivity contribution in [2.75, 3.05) is 25.5 Å². The molecule has 0 aliphatic carbocycles. The molecular formula is C37H40BrN3O5. The molecule has 1 amide bonds. The van der Waals surface area contributed by atoms with Crippen molar-refractivity contribution < 1.29 is 23.8 Å². The number of pyridine rings is 1. The molecule has 0 bridgehead atoms. The zero-order valence-electron chi connectivity index (χ0n) is 26.8. The number of fused-ring (bicyclic) bond motifs is 1. The van der Waals surface area contributed by atoms with E-state index < -0.39 is 5.97 Å². The topological polar surface area (TPSA) is 105 Å². The van der Waals surface area contributed by atoms with E-state index in [9.17, 15) is 9.59 Å². The van der Waals surface area contributed by atoms with Crippen LogP contribution in [-0.4, -0.2) is 52.6 Å². The van der Waals surface area contributed by atoms with Gasteiger partial charge in [0.15, 0.2) is 0 Å². The number of hydrogen-bond acceptors (Lipinski definition) is 6. The van der Waals surface area contributed by atoms with Crippen LogP contribution in [0.1, 0.15) is 58.4 Å². The quantitative estimate of drug-likeness (QED) is 0.152. The van der Waals surface area contributed by atoms with Crippen molar-refractivity contribution in [2.24, 2.45) is 0 Å². The highest BCUT2D eigenvalue weighted by Crippen LogP contribution is 2.29. The van der Waals surface area contributed by atoms with E-state index in [1.165, 1.54) is 11.1 Å². The number of rotatable bonds is 10. The summed E-state index contributed by atoms with van der Waals surface area (Å²) in [6, 6.07) is 23.3. The average molecular weight is 687 g/mol. The molecule has 0 aliphatic rings. The van der Waals surface area contributed by atoms with E-state index in [0.29, 0.717) is 16.9 Å². The van der Waals surface area contributed by atoms with Gasteiger partial charge in [-0.1, -0.05) is 40.2 Å². The zero-order valence-corrected chi connectivity index (χ0v) is 28.4. The first kappa shape index (κ1) is 34.4. The fourth-order valence-corrected chi connectivity index (χ4v) is 5.24. The number of likely N-dealkylation sites (N-methyl/N-ethyl adjacent to an activating group) is 1. The molecule has 0 unspecified atom stereocenters. The van der Waals surface area contributed by atoms with Crippen molar-refractivity contribution in [3.05, 3.63) is 124 Å². The van der Waals surface area contributed by atoms with Gasteiger partial charge in [-0.2, -0.15) is 0 Å². The molecule has 240 valence electrons. The molecule has 8 nitrogen and oxygen atoms in total. The number of hydrogen-bond donors (Lipinski definition) is 2. The molecular weight excluding hydrogens is 646 g/mol. The summed E-state index contributed by atoms with van der Waals surface area (Å²) in [5, 5.41) is 12.4. The van der Waals surface area contributed by atoms with E-state index in [-0.39, 0.29) is 11.5 Å². The highest BCUT2D eigenvalue weighted by molar-refractivity contribution is 9.10. The molecule has 0 radical (unpaired) electrons. The number of aryl methyl sites for hydroxylation is 1. The first-order chi connectivity index (χ1) is 21.9. The number of aromatic carboxylic acids is 1. The summed E-state index contributed by atoms with van der Waals surface area (Å²) in [4.78, 5) is 29.7. The molecule has 0 atom stereocenters. The Kier molecular flexibility index (Phi) is 11.7. The molecule has 46 heavy (non-hydrogen) atoms. The van der Waals surface area contributed by atoms with Crippen molar-refractivity contribution in [3.8, 4) is 5.75 Å². The molecule has 2 aromatic heterocycles. The molecule has 2 N–H and O–H groups in total. The Bertz CT molecular complexity index is 1780. The number of benzene rings is 3. The largest absolute Gasteiger partial charge is 0.488 e. The molecule has 0 spiro atoms. The van der Waals surface area contributed by atoms with Crippen LogP contribution in [0, 0.1) is 6.92 Å². The van der Waals surface area contributed by atoms with E-state index in [4.69, 9.17) is 14.3 Å². The van der Waals surface area contributed by atoms with Crippen LogP contribution in [0.3, 0.4) is 0 Å². The molecule has 9 heteroatoms. The number of carboxylic acid groups (broad SMARTS) is 1. The summed E-state index contributed by atoms with van der Waals surface area (Å²) in [5.74, 6) is 0.523. The van der Waals surface area contributed by atoms with E-state index in [0.717, 1.165) is 52.8 Å². The maximum Gasteiger partial charge on any atom is 0.335 e. The Balaban J connectivity index is 0.000000459. The van der Waals surface area contributed by atoms with Crippen LogP contribution in [0.15, 0.2) is 100 Å². The summed E-state index contributed by atoms with van der Waals surface area (Å²) in [7, 11) is 2.13. The van der Waals surface area contributed by atoms with E-state index in [1.807, 2.05) is 70.3 Å². The fraction of sp³-hybridized carbons (Fsp3) is 0.270. The van der Waals surface area contributed by atoms with Crippen molar-refractivity contribution >= 4 is 44.5 Å². The third-order valence-electron chi connectivity index (χ3n) is 7.14. The highest BCUT2D eigenvalue weighted by atomic mass is 79.9. The molecule has 0 saturated carbocycles. The van der Waals surface area contributed by atoms with E-state index in [1.54, 1.807) is 48.7 Å². The smallest absolute Gasteiger partial charge is 0.335 e. The number of nitrogens with zero attached hydrogens (tertiary/aromatic N) is 2. The first-order valence-electron chi connectivity index (χ1n) is 15.1. The van der Waals surface area contributed by atoms with Crippen LogP contribution in [-0.2, 0) is 12.8 Å². The third-order valence-corrected chi connectivity index (χ3v) is 7.92.